The van der Waals surface area contributed by atoms with Crippen molar-refractivity contribution in [1.29, 1.82) is 0 Å². The molecule has 0 aliphatic heterocycles. The lowest BCUT2D eigenvalue weighted by atomic mass is 9.93. The number of aryl methyl sites for hydroxylation is 1. The second-order valence-electron chi connectivity index (χ2n) is 14.0. The van der Waals surface area contributed by atoms with Crippen LogP contribution in [0.5, 0.6) is 0 Å². The van der Waals surface area contributed by atoms with Gasteiger partial charge in [0.1, 0.15) is 22.5 Å². The maximum atomic E-state index is 6.21. The average molecular weight is 735 g/mol. The highest BCUT2D eigenvalue weighted by atomic mass is 16.3. The fourth-order valence-corrected chi connectivity index (χ4v) is 7.50. The minimum atomic E-state index is 0.624. The van der Waals surface area contributed by atoms with Crippen LogP contribution in [0.3, 0.4) is 0 Å². The summed E-state index contributed by atoms with van der Waals surface area (Å²) in [5.74, 6) is 2.16. The van der Waals surface area contributed by atoms with Gasteiger partial charge in [-0.25, -0.2) is 19.9 Å². The number of rotatable bonds is 8. The molecule has 10 rings (SSSR count). The van der Waals surface area contributed by atoms with Gasteiger partial charge < -0.3 is 8.83 Å². The Labute approximate surface area is 329 Å². The highest BCUT2D eigenvalue weighted by Crippen LogP contribution is 2.39. The lowest BCUT2D eigenvalue weighted by Gasteiger charge is -2.14. The van der Waals surface area contributed by atoms with Crippen LogP contribution in [0.15, 0.2) is 186 Å². The number of fused-ring (bicyclic) bond motifs is 4. The Morgan fingerprint density at radius 3 is 1.75 bits per heavy atom. The summed E-state index contributed by atoms with van der Waals surface area (Å²) in [4.78, 5) is 19.2. The van der Waals surface area contributed by atoms with Gasteiger partial charge in [0.15, 0.2) is 11.6 Å². The van der Waals surface area contributed by atoms with Crippen LogP contribution in [0.4, 0.5) is 0 Å². The van der Waals surface area contributed by atoms with Gasteiger partial charge in [0.25, 0.3) is 0 Å². The van der Waals surface area contributed by atoms with Crippen molar-refractivity contribution in [3.05, 3.63) is 188 Å². The first-order chi connectivity index (χ1) is 28.1. The van der Waals surface area contributed by atoms with Crippen LogP contribution in [0.1, 0.15) is 11.3 Å². The molecule has 0 unspecified atom stereocenters. The molecule has 57 heavy (non-hydrogen) atoms. The van der Waals surface area contributed by atoms with E-state index in [4.69, 9.17) is 18.8 Å². The first-order valence-electron chi connectivity index (χ1n) is 18.8. The van der Waals surface area contributed by atoms with Gasteiger partial charge in [0.2, 0.25) is 0 Å². The Hall–Kier alpha value is -7.70. The number of para-hydroxylation sites is 1. The molecule has 6 aromatic carbocycles. The number of aromatic nitrogens is 4. The molecular weight excluding hydrogens is 701 g/mol. The number of furan rings is 2. The van der Waals surface area contributed by atoms with Gasteiger partial charge >= 0.3 is 0 Å². The summed E-state index contributed by atoms with van der Waals surface area (Å²) in [6, 6.07) is 49.9. The van der Waals surface area contributed by atoms with Gasteiger partial charge in [-0.3, -0.25) is 0 Å². The second kappa shape index (κ2) is 14.2. The fourth-order valence-electron chi connectivity index (χ4n) is 7.50. The van der Waals surface area contributed by atoms with Gasteiger partial charge in [-0.05, 0) is 89.8 Å². The maximum absolute atomic E-state index is 6.21. The Morgan fingerprint density at radius 2 is 1.04 bits per heavy atom. The van der Waals surface area contributed by atoms with Crippen molar-refractivity contribution in [2.75, 3.05) is 0 Å². The lowest BCUT2D eigenvalue weighted by Crippen LogP contribution is -1.97. The number of benzene rings is 6. The van der Waals surface area contributed by atoms with E-state index in [-0.39, 0.29) is 0 Å². The summed E-state index contributed by atoms with van der Waals surface area (Å²) >= 11 is 0. The highest BCUT2D eigenvalue weighted by molar-refractivity contribution is 6.06. The van der Waals surface area contributed by atoms with Crippen LogP contribution in [-0.2, 0) is 0 Å². The van der Waals surface area contributed by atoms with E-state index in [1.807, 2.05) is 73.7 Å². The molecule has 0 aliphatic rings. The van der Waals surface area contributed by atoms with Crippen molar-refractivity contribution in [2.45, 2.75) is 6.92 Å². The molecule has 6 nitrogen and oxygen atoms in total. The predicted octanol–water partition coefficient (Wildman–Crippen LogP) is 13.4. The molecule has 270 valence electrons. The SMILES string of the molecule is C=C/C=C\c1c(C)oc2ccc(-c3cc(-c4ccc5oc6ccccc6c5c4)cc(-c4cc(-c5ccccc5)nc(-c5ccc(-c6ncccn6)cc5)n4)c3)cc12. The third-order valence-electron chi connectivity index (χ3n) is 10.3. The highest BCUT2D eigenvalue weighted by Gasteiger charge is 2.17. The van der Waals surface area contributed by atoms with Crippen molar-refractivity contribution in [1.82, 2.24) is 19.9 Å². The van der Waals surface area contributed by atoms with E-state index in [2.05, 4.69) is 108 Å². The largest absolute Gasteiger partial charge is 0.461 e. The van der Waals surface area contributed by atoms with Gasteiger partial charge in [-0.2, -0.15) is 0 Å². The van der Waals surface area contributed by atoms with E-state index in [1.165, 1.54) is 0 Å². The Balaban J connectivity index is 1.18. The number of hydrogen-bond acceptors (Lipinski definition) is 6. The summed E-state index contributed by atoms with van der Waals surface area (Å²) in [7, 11) is 0. The molecule has 0 radical (unpaired) electrons. The molecule has 4 aromatic heterocycles. The van der Waals surface area contributed by atoms with E-state index >= 15 is 0 Å². The van der Waals surface area contributed by atoms with Crippen LogP contribution in [0, 0.1) is 6.92 Å². The van der Waals surface area contributed by atoms with E-state index < -0.39 is 0 Å². The Bertz CT molecular complexity index is 3140. The Kier molecular flexibility index (Phi) is 8.42. The predicted molar refractivity (Wildman–Crippen MR) is 231 cm³/mol. The third kappa shape index (κ3) is 6.39. The quantitative estimate of drug-likeness (QED) is 0.145. The zero-order valence-corrected chi connectivity index (χ0v) is 31.1. The van der Waals surface area contributed by atoms with Crippen molar-refractivity contribution in [3.8, 4) is 67.5 Å². The molecule has 10 aromatic rings. The molecule has 0 N–H and O–H groups in total. The summed E-state index contributed by atoms with van der Waals surface area (Å²) in [5.41, 5.74) is 13.3. The monoisotopic (exact) mass is 734 g/mol. The van der Waals surface area contributed by atoms with Crippen LogP contribution >= 0.6 is 0 Å². The lowest BCUT2D eigenvalue weighted by molar-refractivity contribution is 0.577. The minimum Gasteiger partial charge on any atom is -0.461 e. The molecule has 0 saturated carbocycles. The Morgan fingerprint density at radius 1 is 0.456 bits per heavy atom. The molecule has 0 saturated heterocycles. The standard InChI is InChI=1S/C51H34N4O2/c1-3-4-13-41-32(2)56-48-22-20-36(29-43(41)48)38-26-39(37-21-23-49-44(30-37)42-14-8-9-15-47(42)57-49)28-40(27-38)46-31-45(33-11-6-5-7-12-33)54-51(55-46)35-18-16-34(17-19-35)50-52-24-10-25-53-50/h3-31H,1H2,2H3/b13-4-. The molecule has 0 fully saturated rings. The topological polar surface area (TPSA) is 77.8 Å². The second-order valence-corrected chi connectivity index (χ2v) is 14.0. The van der Waals surface area contributed by atoms with E-state index in [1.54, 1.807) is 18.5 Å². The zero-order chi connectivity index (χ0) is 38.3. The van der Waals surface area contributed by atoms with Gasteiger partial charge in [0, 0.05) is 56.4 Å². The smallest absolute Gasteiger partial charge is 0.160 e. The third-order valence-corrected chi connectivity index (χ3v) is 10.3. The normalized spacial score (nSPS) is 11.6. The minimum absolute atomic E-state index is 0.624. The molecule has 0 atom stereocenters. The van der Waals surface area contributed by atoms with Gasteiger partial charge in [-0.15, -0.1) is 0 Å². The van der Waals surface area contributed by atoms with Crippen LogP contribution in [0.25, 0.3) is 107 Å². The summed E-state index contributed by atoms with van der Waals surface area (Å²) in [6.45, 7) is 5.87. The van der Waals surface area contributed by atoms with Crippen LogP contribution in [0.2, 0.25) is 0 Å². The van der Waals surface area contributed by atoms with Crippen molar-refractivity contribution in [2.24, 2.45) is 0 Å². The average Bonchev–Trinajstić information content (AvgIpc) is 3.81. The molecule has 6 heteroatoms. The van der Waals surface area contributed by atoms with E-state index in [0.717, 1.165) is 100 Å². The molecule has 0 amide bonds. The van der Waals surface area contributed by atoms with Crippen LogP contribution < -0.4 is 0 Å². The summed E-state index contributed by atoms with van der Waals surface area (Å²) in [5, 5.41) is 3.20. The first-order valence-corrected chi connectivity index (χ1v) is 18.8. The maximum Gasteiger partial charge on any atom is 0.160 e. The number of hydrogen-bond donors (Lipinski definition) is 0. The summed E-state index contributed by atoms with van der Waals surface area (Å²) in [6.07, 6.45) is 9.28. The van der Waals surface area contributed by atoms with E-state index in [9.17, 15) is 0 Å². The zero-order valence-electron chi connectivity index (χ0n) is 31.1. The van der Waals surface area contributed by atoms with Crippen LogP contribution in [-0.4, -0.2) is 19.9 Å². The van der Waals surface area contributed by atoms with Crippen molar-refractivity contribution < 1.29 is 8.83 Å². The first kappa shape index (κ1) is 33.8. The molecule has 0 spiro atoms. The number of nitrogens with zero attached hydrogens (tertiary/aromatic N) is 4. The van der Waals surface area contributed by atoms with Crippen molar-refractivity contribution >= 4 is 39.0 Å². The van der Waals surface area contributed by atoms with Gasteiger partial charge in [-0.1, -0.05) is 110 Å². The molecule has 4 heterocycles. The molecule has 0 bridgehead atoms. The van der Waals surface area contributed by atoms with Crippen molar-refractivity contribution in [3.63, 3.8) is 0 Å². The fraction of sp³-hybridized carbons (Fsp3) is 0.0196. The van der Waals surface area contributed by atoms with E-state index in [0.29, 0.717) is 11.6 Å². The number of allylic oxidation sites excluding steroid dienone is 2. The summed E-state index contributed by atoms with van der Waals surface area (Å²) < 4.78 is 12.4. The molecule has 0 aliphatic carbocycles. The molecular formula is C51H34N4O2. The van der Waals surface area contributed by atoms with Gasteiger partial charge in [0.05, 0.1) is 11.4 Å².